The molecule has 0 unspecified atom stereocenters. The van der Waals surface area contributed by atoms with E-state index in [1.807, 2.05) is 0 Å². The van der Waals surface area contributed by atoms with E-state index < -0.39 is 34.2 Å². The van der Waals surface area contributed by atoms with E-state index in [9.17, 15) is 28.2 Å². The molecule has 1 amide bonds. The van der Waals surface area contributed by atoms with Crippen molar-refractivity contribution in [2.75, 3.05) is 0 Å². The van der Waals surface area contributed by atoms with Crippen molar-refractivity contribution in [1.82, 2.24) is 4.90 Å². The van der Waals surface area contributed by atoms with Gasteiger partial charge in [0.25, 0.3) is 5.91 Å². The summed E-state index contributed by atoms with van der Waals surface area (Å²) in [5, 5.41) is 18.9. The summed E-state index contributed by atoms with van der Waals surface area (Å²) in [6.45, 7) is 0.0555. The van der Waals surface area contributed by atoms with Crippen LogP contribution in [-0.4, -0.2) is 21.0 Å². The minimum absolute atomic E-state index is 0.0278. The maximum Gasteiger partial charge on any atom is 0.417 e. The van der Waals surface area contributed by atoms with Crippen LogP contribution in [0.4, 0.5) is 13.2 Å². The molecule has 0 saturated carbocycles. The van der Waals surface area contributed by atoms with Gasteiger partial charge < -0.3 is 15.1 Å². The third-order valence-electron chi connectivity index (χ3n) is 3.81. The largest absolute Gasteiger partial charge is 0.504 e. The average Bonchev–Trinajstić information content (AvgIpc) is 2.81. The minimum Gasteiger partial charge on any atom is -0.504 e. The molecule has 0 aliphatic carbocycles. The molecule has 0 radical (unpaired) electrons. The molecule has 0 bridgehead atoms. The Morgan fingerprint density at radius 1 is 1.17 bits per heavy atom. The van der Waals surface area contributed by atoms with Gasteiger partial charge in [-0.3, -0.25) is 4.79 Å². The number of nitrogens with zero attached hydrogens (tertiary/aromatic N) is 1. The van der Waals surface area contributed by atoms with Crippen LogP contribution in [0.25, 0.3) is 0 Å². The Morgan fingerprint density at radius 3 is 2.54 bits per heavy atom. The summed E-state index contributed by atoms with van der Waals surface area (Å²) >= 11 is 5.58. The quantitative estimate of drug-likeness (QED) is 0.801. The molecule has 8 heteroatoms. The summed E-state index contributed by atoms with van der Waals surface area (Å²) in [6, 6.07) is 6.19. The van der Waals surface area contributed by atoms with Gasteiger partial charge in [-0.25, -0.2) is 0 Å². The summed E-state index contributed by atoms with van der Waals surface area (Å²) < 4.78 is 38.7. The third kappa shape index (κ3) is 2.75. The number of fused-ring (bicyclic) bond motifs is 1. The molecule has 0 fully saturated rings. The number of alkyl halides is 3. The molecule has 2 aromatic rings. The molecule has 4 nitrogen and oxygen atoms in total. The Labute approximate surface area is 139 Å². The number of aromatic hydroxyl groups is 2. The first-order valence-corrected chi connectivity index (χ1v) is 7.25. The molecule has 0 atom stereocenters. The first-order valence-electron chi connectivity index (χ1n) is 6.87. The van der Waals surface area contributed by atoms with E-state index >= 15 is 0 Å². The van der Waals surface area contributed by atoms with Gasteiger partial charge in [0, 0.05) is 13.1 Å². The molecule has 0 aromatic heterocycles. The van der Waals surface area contributed by atoms with Crippen molar-refractivity contribution in [3.63, 3.8) is 0 Å². The molecule has 1 heterocycles. The second-order valence-corrected chi connectivity index (χ2v) is 5.85. The molecule has 0 saturated heterocycles. The molecule has 2 N–H and O–H groups in total. The molecule has 2 aromatic carbocycles. The highest BCUT2D eigenvalue weighted by atomic mass is 35.5. The van der Waals surface area contributed by atoms with Crippen LogP contribution >= 0.6 is 11.6 Å². The van der Waals surface area contributed by atoms with Gasteiger partial charge >= 0.3 is 6.18 Å². The number of hydrogen-bond donors (Lipinski definition) is 2. The van der Waals surface area contributed by atoms with Crippen molar-refractivity contribution in [3.8, 4) is 11.5 Å². The fourth-order valence-corrected chi connectivity index (χ4v) is 2.89. The molecular formula is C16H11ClF3NO3. The molecule has 3 rings (SSSR count). The number of amides is 1. The molecule has 1 aliphatic heterocycles. The predicted octanol–water partition coefficient (Wildman–Crippen LogP) is 3.93. The molecule has 1 aliphatic rings. The minimum atomic E-state index is -4.59. The maximum atomic E-state index is 12.9. The smallest absolute Gasteiger partial charge is 0.417 e. The lowest BCUT2D eigenvalue weighted by Crippen LogP contribution is -2.23. The Morgan fingerprint density at radius 2 is 1.88 bits per heavy atom. The van der Waals surface area contributed by atoms with Gasteiger partial charge in [-0.05, 0) is 29.3 Å². The zero-order valence-electron chi connectivity index (χ0n) is 12.1. The SMILES string of the molecule is O=C1c2c(ccc(O)c2O)CN1Cc1ccc(Cl)c(C(F)(F)F)c1. The zero-order valence-corrected chi connectivity index (χ0v) is 12.8. The van der Waals surface area contributed by atoms with Crippen LogP contribution in [0.3, 0.4) is 0 Å². The van der Waals surface area contributed by atoms with Gasteiger partial charge in [0.1, 0.15) is 0 Å². The number of halogens is 4. The molecule has 24 heavy (non-hydrogen) atoms. The molecule has 126 valence electrons. The average molecular weight is 358 g/mol. The van der Waals surface area contributed by atoms with E-state index in [4.69, 9.17) is 11.6 Å². The molecule has 0 spiro atoms. The highest BCUT2D eigenvalue weighted by molar-refractivity contribution is 6.31. The van der Waals surface area contributed by atoms with Gasteiger partial charge in [-0.15, -0.1) is 0 Å². The van der Waals surface area contributed by atoms with Crippen molar-refractivity contribution in [2.24, 2.45) is 0 Å². The number of benzene rings is 2. The van der Waals surface area contributed by atoms with Gasteiger partial charge in [0.15, 0.2) is 11.5 Å². The Bertz CT molecular complexity index is 836. The lowest BCUT2D eigenvalue weighted by Gasteiger charge is -2.17. The lowest BCUT2D eigenvalue weighted by molar-refractivity contribution is -0.137. The van der Waals surface area contributed by atoms with E-state index in [1.54, 1.807) is 0 Å². The van der Waals surface area contributed by atoms with Crippen LogP contribution in [0, 0.1) is 0 Å². The summed E-state index contributed by atoms with van der Waals surface area (Å²) in [6.07, 6.45) is -4.59. The van der Waals surface area contributed by atoms with Crippen LogP contribution in [0.2, 0.25) is 5.02 Å². The predicted molar refractivity (Wildman–Crippen MR) is 79.8 cm³/mol. The van der Waals surface area contributed by atoms with Gasteiger partial charge in [-0.1, -0.05) is 23.7 Å². The first kappa shape index (κ1) is 16.4. The van der Waals surface area contributed by atoms with Crippen molar-refractivity contribution >= 4 is 17.5 Å². The van der Waals surface area contributed by atoms with Crippen LogP contribution in [0.1, 0.15) is 27.0 Å². The van der Waals surface area contributed by atoms with Crippen molar-refractivity contribution in [3.05, 3.63) is 57.6 Å². The summed E-state index contributed by atoms with van der Waals surface area (Å²) in [7, 11) is 0. The normalized spacial score (nSPS) is 14.2. The second-order valence-electron chi connectivity index (χ2n) is 5.44. The summed E-state index contributed by atoms with van der Waals surface area (Å²) in [5.74, 6) is -1.50. The van der Waals surface area contributed by atoms with Crippen molar-refractivity contribution in [2.45, 2.75) is 19.3 Å². The monoisotopic (exact) mass is 357 g/mol. The fourth-order valence-electron chi connectivity index (χ4n) is 2.66. The number of carbonyl (C=O) groups is 1. The number of hydrogen-bond acceptors (Lipinski definition) is 3. The van der Waals surface area contributed by atoms with Crippen molar-refractivity contribution in [1.29, 1.82) is 0 Å². The lowest BCUT2D eigenvalue weighted by atomic mass is 10.1. The summed E-state index contributed by atoms with van der Waals surface area (Å²) in [4.78, 5) is 13.6. The van der Waals surface area contributed by atoms with Crippen LogP contribution < -0.4 is 0 Å². The van der Waals surface area contributed by atoms with Crippen molar-refractivity contribution < 1.29 is 28.2 Å². The van der Waals surface area contributed by atoms with E-state index in [0.717, 1.165) is 12.1 Å². The first-order chi connectivity index (χ1) is 11.2. The summed E-state index contributed by atoms with van der Waals surface area (Å²) in [5.41, 5.74) is -0.233. The third-order valence-corrected chi connectivity index (χ3v) is 4.14. The van der Waals surface area contributed by atoms with Gasteiger partial charge in [-0.2, -0.15) is 13.2 Å². The Kier molecular flexibility index (Phi) is 3.83. The maximum absolute atomic E-state index is 12.9. The second kappa shape index (κ2) is 5.59. The zero-order chi connectivity index (χ0) is 17.6. The number of phenolic OH excluding ortho intramolecular Hbond substituents is 2. The van der Waals surface area contributed by atoms with E-state index in [-0.39, 0.29) is 24.2 Å². The van der Waals surface area contributed by atoms with Crippen LogP contribution in [0.5, 0.6) is 11.5 Å². The van der Waals surface area contributed by atoms with Gasteiger partial charge in [0.2, 0.25) is 0 Å². The van der Waals surface area contributed by atoms with Gasteiger partial charge in [0.05, 0.1) is 16.1 Å². The fraction of sp³-hybridized carbons (Fsp3) is 0.188. The molecular weight excluding hydrogens is 347 g/mol. The number of rotatable bonds is 2. The highest BCUT2D eigenvalue weighted by Gasteiger charge is 2.35. The number of carbonyl (C=O) groups excluding carboxylic acids is 1. The Hall–Kier alpha value is -2.41. The van der Waals surface area contributed by atoms with E-state index in [0.29, 0.717) is 5.56 Å². The van der Waals surface area contributed by atoms with E-state index in [2.05, 4.69) is 0 Å². The highest BCUT2D eigenvalue weighted by Crippen LogP contribution is 2.38. The number of phenols is 2. The van der Waals surface area contributed by atoms with E-state index in [1.165, 1.54) is 23.1 Å². The standard InChI is InChI=1S/C16H11ClF3NO3/c17-11-3-1-8(5-10(11)16(18,19)20)6-21-7-9-2-4-12(22)14(23)13(9)15(21)24/h1-5,22-23H,6-7H2. The Balaban J connectivity index is 1.89. The van der Waals surface area contributed by atoms with Crippen LogP contribution in [-0.2, 0) is 19.3 Å². The topological polar surface area (TPSA) is 60.8 Å². The van der Waals surface area contributed by atoms with Crippen LogP contribution in [0.15, 0.2) is 30.3 Å².